The number of pyridine rings is 3. The second-order valence-electron chi connectivity index (χ2n) is 9.31. The fraction of sp³-hybridized carbons (Fsp3) is 0.143. The van der Waals surface area contributed by atoms with Crippen LogP contribution in [0.5, 0.6) is 5.75 Å². The first-order chi connectivity index (χ1) is 20.8. The summed E-state index contributed by atoms with van der Waals surface area (Å²) in [6, 6.07) is 12.7. The van der Waals surface area contributed by atoms with E-state index in [9.17, 15) is 36.6 Å². The van der Waals surface area contributed by atoms with E-state index in [-0.39, 0.29) is 32.8 Å². The topological polar surface area (TPSA) is 148 Å². The summed E-state index contributed by atoms with van der Waals surface area (Å²) in [6.07, 6.45) is -4.85. The molecule has 0 aliphatic rings. The molecule has 1 aromatic carbocycles. The molecule has 44 heavy (non-hydrogen) atoms. The van der Waals surface area contributed by atoms with Crippen LogP contribution in [0.2, 0.25) is 0 Å². The number of anilines is 1. The van der Waals surface area contributed by atoms with Gasteiger partial charge in [-0.05, 0) is 42.0 Å². The molecular formula is C28H21F4N5O6S. The van der Waals surface area contributed by atoms with Gasteiger partial charge >= 0.3 is 12.3 Å². The Bertz CT molecular complexity index is 1950. The molecule has 5 rings (SSSR count). The number of nitrogens with zero attached hydrogens (tertiary/aromatic N) is 5. The summed E-state index contributed by atoms with van der Waals surface area (Å²) in [5.74, 6) is -1.48. The number of aliphatic hydroxyl groups is 1. The smallest absolute Gasteiger partial charge is 0.433 e. The minimum atomic E-state index is -4.69. The van der Waals surface area contributed by atoms with E-state index >= 15 is 4.39 Å². The Balaban J connectivity index is 1.52. The number of hydrogen-bond donors (Lipinski definition) is 2. The van der Waals surface area contributed by atoms with E-state index in [1.807, 2.05) is 0 Å². The van der Waals surface area contributed by atoms with Gasteiger partial charge in [-0.25, -0.2) is 27.2 Å². The average molecular weight is 632 g/mol. The van der Waals surface area contributed by atoms with Gasteiger partial charge in [-0.15, -0.1) is 0 Å². The number of aliphatic hydroxyl groups excluding tert-OH is 1. The van der Waals surface area contributed by atoms with Gasteiger partial charge in [-0.1, -0.05) is 24.3 Å². The predicted octanol–water partition coefficient (Wildman–Crippen LogP) is 5.00. The van der Waals surface area contributed by atoms with Crippen LogP contribution in [0, 0.1) is 5.95 Å². The minimum Gasteiger partial charge on any atom is -0.495 e. The summed E-state index contributed by atoms with van der Waals surface area (Å²) in [5.41, 5.74) is -1.66. The number of aromatic nitrogens is 4. The molecule has 1 amide bonds. The molecule has 0 fully saturated rings. The van der Waals surface area contributed by atoms with Crippen LogP contribution in [0.1, 0.15) is 28.5 Å². The molecule has 0 radical (unpaired) electrons. The number of halogens is 4. The molecule has 16 heteroatoms. The average Bonchev–Trinajstić information content (AvgIpc) is 3.39. The molecule has 0 saturated heterocycles. The lowest BCUT2D eigenvalue weighted by molar-refractivity contribution is -0.141. The number of methoxy groups -OCH3 is 1. The first-order valence-corrected chi connectivity index (χ1v) is 14.0. The molecule has 0 spiro atoms. The fourth-order valence-corrected chi connectivity index (χ4v) is 5.73. The Morgan fingerprint density at radius 3 is 2.36 bits per heavy atom. The Morgan fingerprint density at radius 2 is 1.77 bits per heavy atom. The van der Waals surface area contributed by atoms with Crippen LogP contribution >= 0.6 is 0 Å². The standard InChI is InChI=1S/C28H21F4N5O6S/c1-43-17-11-20-21(15-37(26(20)34-13-17)44(41,42)18-5-3-2-4-6-18)24(38)19-8-10-23(35-25(19)29)36(27(39)40)14-16-7-9-22(33-12-16)28(30,31)32/h2-13,15,24,38H,14H2,1H3,(H,39,40). The summed E-state index contributed by atoms with van der Waals surface area (Å²) in [7, 11) is -2.85. The van der Waals surface area contributed by atoms with Crippen molar-refractivity contribution in [3.63, 3.8) is 0 Å². The monoisotopic (exact) mass is 631 g/mol. The van der Waals surface area contributed by atoms with Gasteiger partial charge in [-0.3, -0.25) is 9.88 Å². The van der Waals surface area contributed by atoms with Crippen LogP contribution in [0.25, 0.3) is 11.0 Å². The number of ether oxygens (including phenoxy) is 1. The Kier molecular flexibility index (Phi) is 7.96. The molecule has 1 unspecified atom stereocenters. The number of amides is 1. The summed E-state index contributed by atoms with van der Waals surface area (Å²) in [6.45, 7) is -0.509. The number of alkyl halides is 3. The maximum atomic E-state index is 15.4. The van der Waals surface area contributed by atoms with Crippen LogP contribution in [0.3, 0.4) is 0 Å². The van der Waals surface area contributed by atoms with Gasteiger partial charge in [0.1, 0.15) is 23.4 Å². The molecule has 5 aromatic rings. The van der Waals surface area contributed by atoms with Gasteiger partial charge in [0.25, 0.3) is 10.0 Å². The van der Waals surface area contributed by atoms with Crippen molar-refractivity contribution in [2.75, 3.05) is 12.0 Å². The first-order valence-electron chi connectivity index (χ1n) is 12.5. The van der Waals surface area contributed by atoms with Crippen LogP contribution in [-0.4, -0.2) is 50.8 Å². The van der Waals surface area contributed by atoms with Gasteiger partial charge < -0.3 is 14.9 Å². The Morgan fingerprint density at radius 1 is 1.05 bits per heavy atom. The van der Waals surface area contributed by atoms with Gasteiger partial charge in [0, 0.05) is 28.9 Å². The quantitative estimate of drug-likeness (QED) is 0.178. The molecule has 0 saturated carbocycles. The maximum absolute atomic E-state index is 15.4. The highest BCUT2D eigenvalue weighted by molar-refractivity contribution is 7.90. The highest BCUT2D eigenvalue weighted by Crippen LogP contribution is 2.35. The second-order valence-corrected chi connectivity index (χ2v) is 11.1. The van der Waals surface area contributed by atoms with Crippen molar-refractivity contribution in [2.24, 2.45) is 0 Å². The minimum absolute atomic E-state index is 0.0646. The largest absolute Gasteiger partial charge is 0.495 e. The fourth-order valence-electron chi connectivity index (χ4n) is 4.37. The number of benzene rings is 1. The molecule has 0 aliphatic heterocycles. The third-order valence-electron chi connectivity index (χ3n) is 6.57. The maximum Gasteiger partial charge on any atom is 0.433 e. The zero-order valence-corrected chi connectivity index (χ0v) is 23.3. The number of fused-ring (bicyclic) bond motifs is 1. The first kappa shape index (κ1) is 30.4. The van der Waals surface area contributed by atoms with Crippen molar-refractivity contribution in [3.8, 4) is 5.75 Å². The molecule has 4 aromatic heterocycles. The van der Waals surface area contributed by atoms with E-state index in [1.54, 1.807) is 6.07 Å². The highest BCUT2D eigenvalue weighted by Gasteiger charge is 2.32. The summed E-state index contributed by atoms with van der Waals surface area (Å²) in [4.78, 5) is 23.6. The molecule has 228 valence electrons. The van der Waals surface area contributed by atoms with E-state index in [4.69, 9.17) is 4.74 Å². The lowest BCUT2D eigenvalue weighted by Gasteiger charge is -2.20. The van der Waals surface area contributed by atoms with Crippen molar-refractivity contribution in [1.29, 1.82) is 0 Å². The van der Waals surface area contributed by atoms with Crippen molar-refractivity contribution in [2.45, 2.75) is 23.7 Å². The van der Waals surface area contributed by atoms with Gasteiger partial charge in [-0.2, -0.15) is 17.6 Å². The normalized spacial score (nSPS) is 12.7. The lowest BCUT2D eigenvalue weighted by Crippen LogP contribution is -2.30. The van der Waals surface area contributed by atoms with E-state index in [0.717, 1.165) is 34.6 Å². The van der Waals surface area contributed by atoms with Crippen LogP contribution in [-0.2, 0) is 22.7 Å². The van der Waals surface area contributed by atoms with E-state index < -0.39 is 58.0 Å². The summed E-state index contributed by atoms with van der Waals surface area (Å²) in [5, 5.41) is 21.1. The van der Waals surface area contributed by atoms with Crippen molar-refractivity contribution in [1.82, 2.24) is 18.9 Å². The molecule has 0 aliphatic carbocycles. The molecule has 2 N–H and O–H groups in total. The zero-order chi connectivity index (χ0) is 31.8. The Labute approximate surface area is 246 Å². The predicted molar refractivity (Wildman–Crippen MR) is 147 cm³/mol. The molecule has 0 bridgehead atoms. The molecule has 1 atom stereocenters. The SMILES string of the molecule is COc1cnc2c(c1)c(C(O)c1ccc(N(Cc3ccc(C(F)(F)F)nc3)C(=O)O)nc1F)cn2S(=O)(=O)c1ccccc1. The lowest BCUT2D eigenvalue weighted by atomic mass is 10.0. The number of rotatable bonds is 8. The Hall–Kier alpha value is -5.09. The van der Waals surface area contributed by atoms with Crippen LogP contribution in [0.4, 0.5) is 28.2 Å². The second kappa shape index (κ2) is 11.5. The zero-order valence-electron chi connectivity index (χ0n) is 22.5. The van der Waals surface area contributed by atoms with Gasteiger partial charge in [0.15, 0.2) is 5.65 Å². The van der Waals surface area contributed by atoms with Crippen molar-refractivity contribution < 1.29 is 45.7 Å². The summed E-state index contributed by atoms with van der Waals surface area (Å²) >= 11 is 0. The van der Waals surface area contributed by atoms with Crippen molar-refractivity contribution >= 4 is 33.0 Å². The summed E-state index contributed by atoms with van der Waals surface area (Å²) < 4.78 is 86.8. The van der Waals surface area contributed by atoms with Gasteiger partial charge in [0.05, 0.1) is 24.7 Å². The molecular weight excluding hydrogens is 610 g/mol. The number of carbonyl (C=O) groups is 1. The van der Waals surface area contributed by atoms with Gasteiger partial charge in [0.2, 0.25) is 5.95 Å². The highest BCUT2D eigenvalue weighted by atomic mass is 32.2. The van der Waals surface area contributed by atoms with E-state index in [1.165, 1.54) is 43.6 Å². The third-order valence-corrected chi connectivity index (χ3v) is 8.23. The third kappa shape index (κ3) is 5.76. The van der Waals surface area contributed by atoms with Crippen LogP contribution in [0.15, 0.2) is 84.1 Å². The number of carboxylic acid groups (broad SMARTS) is 1. The van der Waals surface area contributed by atoms with Crippen molar-refractivity contribution in [3.05, 3.63) is 108 Å². The number of hydrogen-bond acceptors (Lipinski definition) is 8. The van der Waals surface area contributed by atoms with E-state index in [0.29, 0.717) is 11.0 Å². The molecule has 4 heterocycles. The van der Waals surface area contributed by atoms with Crippen LogP contribution < -0.4 is 9.64 Å². The molecule has 11 nitrogen and oxygen atoms in total. The van der Waals surface area contributed by atoms with E-state index in [2.05, 4.69) is 15.0 Å².